The molecule has 0 atom stereocenters. The van der Waals surface area contributed by atoms with Gasteiger partial charge in [0.15, 0.2) is 5.78 Å². The number of Topliss-reactive ketones (excluding diaryl/α,β-unsaturated/α-hetero) is 1. The molecule has 102 valence electrons. The van der Waals surface area contributed by atoms with Crippen LogP contribution in [0.5, 0.6) is 11.6 Å². The van der Waals surface area contributed by atoms with Crippen molar-refractivity contribution in [1.82, 2.24) is 4.98 Å². The van der Waals surface area contributed by atoms with Gasteiger partial charge >= 0.3 is 5.69 Å². The molecular formula is C13H9BrN2O4. The number of hydrogen-bond acceptors (Lipinski definition) is 5. The zero-order valence-electron chi connectivity index (χ0n) is 10.4. The molecule has 0 aliphatic rings. The Morgan fingerprint density at radius 3 is 2.75 bits per heavy atom. The molecule has 20 heavy (non-hydrogen) atoms. The number of aromatic nitrogens is 1. The summed E-state index contributed by atoms with van der Waals surface area (Å²) in [5.74, 6) is 0.0529. The van der Waals surface area contributed by atoms with Crippen LogP contribution in [0, 0.1) is 10.1 Å². The molecule has 2 aromatic rings. The molecule has 0 bridgehead atoms. The van der Waals surface area contributed by atoms with Gasteiger partial charge in [0.05, 0.1) is 4.92 Å². The minimum absolute atomic E-state index is 0.0615. The molecule has 1 aromatic carbocycles. The molecule has 0 spiro atoms. The Balaban J connectivity index is 2.37. The average molecular weight is 337 g/mol. The standard InChI is InChI=1S/C13H9BrN2O4/c1-8(17)9-4-5-15-13(6-9)20-12-3-2-10(14)7-11(12)16(18)19/h2-7H,1H3. The van der Waals surface area contributed by atoms with Crippen LogP contribution in [0.3, 0.4) is 0 Å². The number of rotatable bonds is 4. The summed E-state index contributed by atoms with van der Waals surface area (Å²) in [4.78, 5) is 25.6. The highest BCUT2D eigenvalue weighted by Gasteiger charge is 2.17. The van der Waals surface area contributed by atoms with E-state index in [9.17, 15) is 14.9 Å². The van der Waals surface area contributed by atoms with Gasteiger partial charge in [-0.05, 0) is 25.1 Å². The maximum absolute atomic E-state index is 11.3. The third-order valence-corrected chi connectivity index (χ3v) is 2.97. The first-order chi connectivity index (χ1) is 9.47. The van der Waals surface area contributed by atoms with E-state index in [0.717, 1.165) is 0 Å². The van der Waals surface area contributed by atoms with E-state index in [1.807, 2.05) is 0 Å². The number of halogens is 1. The molecule has 0 amide bonds. The summed E-state index contributed by atoms with van der Waals surface area (Å²) in [7, 11) is 0. The molecule has 0 saturated carbocycles. The molecule has 1 aromatic heterocycles. The summed E-state index contributed by atoms with van der Waals surface area (Å²) in [5.41, 5.74) is 0.240. The highest BCUT2D eigenvalue weighted by molar-refractivity contribution is 9.10. The number of pyridine rings is 1. The van der Waals surface area contributed by atoms with Gasteiger partial charge in [0.2, 0.25) is 11.6 Å². The minimum atomic E-state index is -0.547. The predicted molar refractivity (Wildman–Crippen MR) is 75.1 cm³/mol. The second-order valence-corrected chi connectivity index (χ2v) is 4.83. The van der Waals surface area contributed by atoms with E-state index in [4.69, 9.17) is 4.74 Å². The van der Waals surface area contributed by atoms with Crippen LogP contribution >= 0.6 is 15.9 Å². The van der Waals surface area contributed by atoms with Gasteiger partial charge in [0.1, 0.15) is 0 Å². The summed E-state index contributed by atoms with van der Waals surface area (Å²) >= 11 is 3.16. The number of ether oxygens (including phenoxy) is 1. The summed E-state index contributed by atoms with van der Waals surface area (Å²) in [6, 6.07) is 7.41. The molecule has 0 saturated heterocycles. The van der Waals surface area contributed by atoms with Gasteiger partial charge in [-0.15, -0.1) is 0 Å². The zero-order valence-corrected chi connectivity index (χ0v) is 12.0. The minimum Gasteiger partial charge on any atom is -0.432 e. The maximum Gasteiger partial charge on any atom is 0.312 e. The van der Waals surface area contributed by atoms with Crippen molar-refractivity contribution < 1.29 is 14.5 Å². The van der Waals surface area contributed by atoms with Gasteiger partial charge in [-0.1, -0.05) is 15.9 Å². The van der Waals surface area contributed by atoms with Crippen LogP contribution in [0.2, 0.25) is 0 Å². The van der Waals surface area contributed by atoms with Crippen LogP contribution in [0.4, 0.5) is 5.69 Å². The number of benzene rings is 1. The molecule has 6 nitrogen and oxygen atoms in total. The molecule has 7 heteroatoms. The first-order valence-corrected chi connectivity index (χ1v) is 6.35. The second kappa shape index (κ2) is 5.79. The van der Waals surface area contributed by atoms with Crippen molar-refractivity contribution in [2.75, 3.05) is 0 Å². The lowest BCUT2D eigenvalue weighted by Crippen LogP contribution is -1.97. The number of hydrogen-bond donors (Lipinski definition) is 0. The SMILES string of the molecule is CC(=O)c1ccnc(Oc2ccc(Br)cc2[N+](=O)[O-])c1. The van der Waals surface area contributed by atoms with E-state index in [0.29, 0.717) is 10.0 Å². The van der Waals surface area contributed by atoms with E-state index in [1.165, 1.54) is 31.3 Å². The lowest BCUT2D eigenvalue weighted by molar-refractivity contribution is -0.385. The van der Waals surface area contributed by atoms with Crippen molar-refractivity contribution in [3.8, 4) is 11.6 Å². The van der Waals surface area contributed by atoms with Crippen molar-refractivity contribution in [2.24, 2.45) is 0 Å². The van der Waals surface area contributed by atoms with Crippen LogP contribution in [0.1, 0.15) is 17.3 Å². The van der Waals surface area contributed by atoms with Crippen LogP contribution in [0.25, 0.3) is 0 Å². The number of nitro groups is 1. The fourth-order valence-electron chi connectivity index (χ4n) is 1.52. The first kappa shape index (κ1) is 14.1. The van der Waals surface area contributed by atoms with Crippen molar-refractivity contribution in [1.29, 1.82) is 0 Å². The molecule has 2 rings (SSSR count). The summed E-state index contributed by atoms with van der Waals surface area (Å²) in [6.45, 7) is 1.42. The Hall–Kier alpha value is -2.28. The molecule has 0 N–H and O–H groups in total. The van der Waals surface area contributed by atoms with Gasteiger partial charge < -0.3 is 4.74 Å². The number of carbonyl (C=O) groups excluding carboxylic acids is 1. The van der Waals surface area contributed by atoms with Crippen LogP contribution in [-0.4, -0.2) is 15.7 Å². The van der Waals surface area contributed by atoms with Gasteiger partial charge in [-0.3, -0.25) is 14.9 Å². The van der Waals surface area contributed by atoms with E-state index >= 15 is 0 Å². The Labute approximate surface area is 122 Å². The zero-order chi connectivity index (χ0) is 14.7. The number of nitro benzene ring substituents is 1. The van der Waals surface area contributed by atoms with Gasteiger partial charge in [-0.2, -0.15) is 0 Å². The Morgan fingerprint density at radius 2 is 2.10 bits per heavy atom. The fourth-order valence-corrected chi connectivity index (χ4v) is 1.87. The van der Waals surface area contributed by atoms with E-state index in [1.54, 1.807) is 12.1 Å². The maximum atomic E-state index is 11.3. The smallest absolute Gasteiger partial charge is 0.312 e. The summed E-state index contributed by atoms with van der Waals surface area (Å²) < 4.78 is 5.96. The van der Waals surface area contributed by atoms with Gasteiger partial charge in [0.25, 0.3) is 0 Å². The predicted octanol–water partition coefficient (Wildman–Crippen LogP) is 3.75. The lowest BCUT2D eigenvalue weighted by Gasteiger charge is -2.06. The Morgan fingerprint density at radius 1 is 1.35 bits per heavy atom. The van der Waals surface area contributed by atoms with E-state index in [2.05, 4.69) is 20.9 Å². The third kappa shape index (κ3) is 3.18. The summed E-state index contributed by atoms with van der Waals surface area (Å²) in [6.07, 6.45) is 1.41. The quantitative estimate of drug-likeness (QED) is 0.482. The topological polar surface area (TPSA) is 82.3 Å². The molecule has 0 radical (unpaired) electrons. The molecule has 1 heterocycles. The number of ketones is 1. The number of nitrogens with zero attached hydrogens (tertiary/aromatic N) is 2. The van der Waals surface area contributed by atoms with Crippen molar-refractivity contribution >= 4 is 27.4 Å². The first-order valence-electron chi connectivity index (χ1n) is 5.56. The Bertz CT molecular complexity index is 688. The third-order valence-electron chi connectivity index (χ3n) is 2.47. The monoisotopic (exact) mass is 336 g/mol. The van der Waals surface area contributed by atoms with E-state index in [-0.39, 0.29) is 23.1 Å². The second-order valence-electron chi connectivity index (χ2n) is 3.91. The number of carbonyl (C=O) groups is 1. The molecular weight excluding hydrogens is 328 g/mol. The normalized spacial score (nSPS) is 10.1. The molecule has 0 unspecified atom stereocenters. The highest BCUT2D eigenvalue weighted by Crippen LogP contribution is 2.33. The van der Waals surface area contributed by atoms with Crippen LogP contribution in [-0.2, 0) is 0 Å². The average Bonchev–Trinajstić information content (AvgIpc) is 2.41. The molecule has 0 aliphatic heterocycles. The molecule has 0 fully saturated rings. The summed E-state index contributed by atoms with van der Waals surface area (Å²) in [5, 5.41) is 11.0. The molecule has 0 aliphatic carbocycles. The Kier molecular flexibility index (Phi) is 4.09. The highest BCUT2D eigenvalue weighted by atomic mass is 79.9. The largest absolute Gasteiger partial charge is 0.432 e. The van der Waals surface area contributed by atoms with Crippen LogP contribution in [0.15, 0.2) is 41.0 Å². The van der Waals surface area contributed by atoms with Crippen molar-refractivity contribution in [2.45, 2.75) is 6.92 Å². The van der Waals surface area contributed by atoms with Gasteiger partial charge in [0, 0.05) is 28.4 Å². The lowest BCUT2D eigenvalue weighted by atomic mass is 10.2. The van der Waals surface area contributed by atoms with Crippen LogP contribution < -0.4 is 4.74 Å². The van der Waals surface area contributed by atoms with Crippen molar-refractivity contribution in [3.63, 3.8) is 0 Å². The van der Waals surface area contributed by atoms with E-state index < -0.39 is 4.92 Å². The van der Waals surface area contributed by atoms with Crippen molar-refractivity contribution in [3.05, 3.63) is 56.7 Å². The fraction of sp³-hybridized carbons (Fsp3) is 0.0769. The van der Waals surface area contributed by atoms with Gasteiger partial charge in [-0.25, -0.2) is 4.98 Å².